The van der Waals surface area contributed by atoms with Gasteiger partial charge in [-0.3, -0.25) is 19.4 Å². The number of benzene rings is 2. The second kappa shape index (κ2) is 23.7. The van der Waals surface area contributed by atoms with E-state index in [1.54, 1.807) is 0 Å². The molecular weight excluding hydrogens is 548 g/mol. The van der Waals surface area contributed by atoms with Gasteiger partial charge in [0.1, 0.15) is 13.2 Å². The molecule has 6 nitrogen and oxygen atoms in total. The lowest BCUT2D eigenvalue weighted by atomic mass is 10.0. The van der Waals surface area contributed by atoms with E-state index >= 15 is 0 Å². The molecule has 246 valence electrons. The Balaban J connectivity index is 1.80. The maximum atomic E-state index is 12.6. The molecule has 0 aliphatic heterocycles. The third kappa shape index (κ3) is 16.4. The summed E-state index contributed by atoms with van der Waals surface area (Å²) in [5, 5.41) is 0. The van der Waals surface area contributed by atoms with Crippen LogP contribution in [0.25, 0.3) is 11.1 Å². The Bertz CT molecular complexity index is 919. The highest BCUT2D eigenvalue weighted by Crippen LogP contribution is 2.21. The summed E-state index contributed by atoms with van der Waals surface area (Å²) in [5.41, 5.74) is 4.15. The molecule has 0 aliphatic carbocycles. The Morgan fingerprint density at radius 2 is 0.773 bits per heavy atom. The van der Waals surface area contributed by atoms with E-state index in [-0.39, 0.29) is 25.2 Å². The summed E-state index contributed by atoms with van der Waals surface area (Å²) < 4.78 is 11.3. The van der Waals surface area contributed by atoms with Crippen molar-refractivity contribution in [2.75, 3.05) is 39.3 Å². The molecule has 0 aliphatic rings. The van der Waals surface area contributed by atoms with Crippen molar-refractivity contribution in [1.29, 1.82) is 0 Å². The minimum atomic E-state index is -0.154. The van der Waals surface area contributed by atoms with Crippen molar-refractivity contribution in [1.82, 2.24) is 9.80 Å². The highest BCUT2D eigenvalue weighted by Gasteiger charge is 2.13. The molecule has 0 radical (unpaired) electrons. The van der Waals surface area contributed by atoms with Gasteiger partial charge in [-0.2, -0.15) is 0 Å². The van der Waals surface area contributed by atoms with Gasteiger partial charge < -0.3 is 9.47 Å². The number of hydrogen-bond acceptors (Lipinski definition) is 6. The Morgan fingerprint density at radius 3 is 1.05 bits per heavy atom. The average Bonchev–Trinajstić information content (AvgIpc) is 3.03. The van der Waals surface area contributed by atoms with Crippen molar-refractivity contribution in [3.63, 3.8) is 0 Å². The lowest BCUT2D eigenvalue weighted by Gasteiger charge is -2.21. The number of rotatable bonds is 25. The fourth-order valence-electron chi connectivity index (χ4n) is 5.25. The zero-order valence-electron chi connectivity index (χ0n) is 28.3. The first-order valence-electron chi connectivity index (χ1n) is 17.4. The molecular formula is C38H60N2O4. The monoisotopic (exact) mass is 608 g/mol. The van der Waals surface area contributed by atoms with Gasteiger partial charge in [0.2, 0.25) is 0 Å². The number of carbonyl (C=O) groups excluding carboxylic acids is 2. The first-order valence-corrected chi connectivity index (χ1v) is 17.4. The van der Waals surface area contributed by atoms with Gasteiger partial charge in [0.25, 0.3) is 0 Å². The summed E-state index contributed by atoms with van der Waals surface area (Å²) in [5.74, 6) is -0.307. The fourth-order valence-corrected chi connectivity index (χ4v) is 5.25. The normalized spacial score (nSPS) is 11.3. The molecule has 6 heteroatoms. The maximum absolute atomic E-state index is 12.6. The van der Waals surface area contributed by atoms with E-state index in [4.69, 9.17) is 9.47 Å². The van der Waals surface area contributed by atoms with Crippen molar-refractivity contribution in [2.45, 2.75) is 118 Å². The standard InChI is InChI=1S/C38H60N2O4/c1-5-9-13-25-39(26-14-10-6-2)29-37(41)43-31-33-17-21-35(22-18-33)36-23-19-34(20-24-36)32-44-38(42)30-40(27-15-11-7-3)28-16-12-8-4/h17-24H,5-16,25-32H2,1-4H3. The van der Waals surface area contributed by atoms with Gasteiger partial charge in [-0.1, -0.05) is 128 Å². The zero-order valence-corrected chi connectivity index (χ0v) is 28.3. The molecule has 44 heavy (non-hydrogen) atoms. The average molecular weight is 609 g/mol. The molecule has 0 saturated carbocycles. The summed E-state index contributed by atoms with van der Waals surface area (Å²) in [4.78, 5) is 29.6. The van der Waals surface area contributed by atoms with Crippen LogP contribution < -0.4 is 0 Å². The predicted octanol–water partition coefficient (Wildman–Crippen LogP) is 8.80. The Kier molecular flexibility index (Phi) is 20.2. The number of carbonyl (C=O) groups is 2. The van der Waals surface area contributed by atoms with Crippen LogP contribution in [0.1, 0.15) is 116 Å². The summed E-state index contributed by atoms with van der Waals surface area (Å²) in [6, 6.07) is 16.3. The third-order valence-corrected chi connectivity index (χ3v) is 8.06. The molecule has 2 rings (SSSR count). The summed E-state index contributed by atoms with van der Waals surface area (Å²) in [6.45, 7) is 13.9. The maximum Gasteiger partial charge on any atom is 0.320 e. The summed E-state index contributed by atoms with van der Waals surface area (Å²) in [6.07, 6.45) is 14.0. The van der Waals surface area contributed by atoms with Gasteiger partial charge in [-0.25, -0.2) is 0 Å². The van der Waals surface area contributed by atoms with E-state index in [1.165, 1.54) is 51.4 Å². The van der Waals surface area contributed by atoms with Crippen LogP contribution in [0.4, 0.5) is 0 Å². The summed E-state index contributed by atoms with van der Waals surface area (Å²) >= 11 is 0. The van der Waals surface area contributed by atoms with Gasteiger partial charge in [0.15, 0.2) is 0 Å². The second-order valence-corrected chi connectivity index (χ2v) is 12.1. The molecule has 0 heterocycles. The molecule has 2 aromatic rings. The van der Waals surface area contributed by atoms with Crippen LogP contribution in [0, 0.1) is 0 Å². The number of esters is 2. The first-order chi connectivity index (χ1) is 21.5. The van der Waals surface area contributed by atoms with E-state index in [2.05, 4.69) is 61.8 Å². The quantitative estimate of drug-likeness (QED) is 0.0829. The number of unbranched alkanes of at least 4 members (excludes halogenated alkanes) is 8. The molecule has 0 aromatic heterocycles. The van der Waals surface area contributed by atoms with Crippen LogP contribution >= 0.6 is 0 Å². The van der Waals surface area contributed by atoms with Gasteiger partial charge in [-0.05, 0) is 74.1 Å². The van der Waals surface area contributed by atoms with Crippen molar-refractivity contribution in [3.8, 4) is 11.1 Å². The highest BCUT2D eigenvalue weighted by atomic mass is 16.5. The van der Waals surface area contributed by atoms with Crippen molar-refractivity contribution in [2.24, 2.45) is 0 Å². The van der Waals surface area contributed by atoms with Crippen LogP contribution in [-0.4, -0.2) is 61.0 Å². The van der Waals surface area contributed by atoms with Crippen LogP contribution in [0.5, 0.6) is 0 Å². The van der Waals surface area contributed by atoms with Crippen molar-refractivity contribution in [3.05, 3.63) is 59.7 Å². The van der Waals surface area contributed by atoms with E-state index in [0.717, 1.165) is 74.1 Å². The molecule has 0 spiro atoms. The summed E-state index contributed by atoms with van der Waals surface area (Å²) in [7, 11) is 0. The van der Waals surface area contributed by atoms with Crippen LogP contribution in [0.3, 0.4) is 0 Å². The molecule has 0 N–H and O–H groups in total. The molecule has 0 amide bonds. The zero-order chi connectivity index (χ0) is 31.8. The lowest BCUT2D eigenvalue weighted by molar-refractivity contribution is -0.147. The van der Waals surface area contributed by atoms with Crippen molar-refractivity contribution < 1.29 is 19.1 Å². The molecule has 0 unspecified atom stereocenters. The number of hydrogen-bond donors (Lipinski definition) is 0. The molecule has 0 fully saturated rings. The van der Waals surface area contributed by atoms with E-state index in [9.17, 15) is 9.59 Å². The lowest BCUT2D eigenvalue weighted by Crippen LogP contribution is -2.32. The van der Waals surface area contributed by atoms with Gasteiger partial charge >= 0.3 is 11.9 Å². The highest BCUT2D eigenvalue weighted by molar-refractivity contribution is 5.72. The Hall–Kier alpha value is -2.70. The number of ether oxygens (including phenoxy) is 2. The van der Waals surface area contributed by atoms with Crippen molar-refractivity contribution >= 4 is 11.9 Å². The Morgan fingerprint density at radius 1 is 0.477 bits per heavy atom. The third-order valence-electron chi connectivity index (χ3n) is 8.06. The molecule has 0 bridgehead atoms. The van der Waals surface area contributed by atoms with Crippen LogP contribution in [-0.2, 0) is 32.3 Å². The van der Waals surface area contributed by atoms with E-state index in [0.29, 0.717) is 13.1 Å². The second-order valence-electron chi connectivity index (χ2n) is 12.1. The van der Waals surface area contributed by atoms with Crippen LogP contribution in [0.15, 0.2) is 48.5 Å². The fraction of sp³-hybridized carbons (Fsp3) is 0.632. The molecule has 0 atom stereocenters. The Labute approximate surface area is 268 Å². The van der Waals surface area contributed by atoms with Gasteiger partial charge in [-0.15, -0.1) is 0 Å². The van der Waals surface area contributed by atoms with Gasteiger partial charge in [0, 0.05) is 0 Å². The SMILES string of the molecule is CCCCCN(CCCCC)CC(=O)OCc1ccc(-c2ccc(COC(=O)CN(CCCCC)CCCCC)cc2)cc1. The van der Waals surface area contributed by atoms with Crippen LogP contribution in [0.2, 0.25) is 0 Å². The minimum Gasteiger partial charge on any atom is -0.460 e. The van der Waals surface area contributed by atoms with E-state index < -0.39 is 0 Å². The molecule has 2 aromatic carbocycles. The predicted molar refractivity (Wildman–Crippen MR) is 182 cm³/mol. The smallest absolute Gasteiger partial charge is 0.320 e. The van der Waals surface area contributed by atoms with Gasteiger partial charge in [0.05, 0.1) is 13.1 Å². The topological polar surface area (TPSA) is 59.1 Å². The minimum absolute atomic E-state index is 0.154. The first kappa shape index (κ1) is 37.5. The van der Waals surface area contributed by atoms with E-state index in [1.807, 2.05) is 24.3 Å². The molecule has 0 saturated heterocycles. The number of nitrogens with zero attached hydrogens (tertiary/aromatic N) is 2. The largest absolute Gasteiger partial charge is 0.460 e.